The molecule has 0 radical (unpaired) electrons. The lowest BCUT2D eigenvalue weighted by Gasteiger charge is -2.10. The van der Waals surface area contributed by atoms with Gasteiger partial charge >= 0.3 is 11.9 Å². The average Bonchev–Trinajstić information content (AvgIpc) is 2.16. The lowest BCUT2D eigenvalue weighted by molar-refractivity contribution is -0.181. The number of aryl methyl sites for hydroxylation is 1. The van der Waals surface area contributed by atoms with Crippen molar-refractivity contribution in [3.63, 3.8) is 0 Å². The summed E-state index contributed by atoms with van der Waals surface area (Å²) in [6.45, 7) is 6.06. The van der Waals surface area contributed by atoms with Gasteiger partial charge in [-0.3, -0.25) is 9.59 Å². The first kappa shape index (κ1) is 15.2. The van der Waals surface area contributed by atoms with E-state index in [0.29, 0.717) is 0 Å². The van der Waals surface area contributed by atoms with Crippen molar-refractivity contribution in [2.24, 2.45) is 0 Å². The van der Waals surface area contributed by atoms with Gasteiger partial charge in [0.05, 0.1) is 0 Å². The Morgan fingerprint density at radius 2 is 1.41 bits per heavy atom. The molecule has 0 aliphatic rings. The summed E-state index contributed by atoms with van der Waals surface area (Å²) in [5.74, 6) is -0.928. The van der Waals surface area contributed by atoms with E-state index < -0.39 is 18.2 Å². The van der Waals surface area contributed by atoms with Gasteiger partial charge in [-0.1, -0.05) is 35.9 Å². The van der Waals surface area contributed by atoms with Crippen molar-refractivity contribution in [3.8, 4) is 0 Å². The molecule has 0 atom stereocenters. The molecule has 1 aromatic carbocycles. The minimum Gasteiger partial charge on any atom is -0.426 e. The van der Waals surface area contributed by atoms with Gasteiger partial charge in [0.25, 0.3) is 0 Å². The highest BCUT2D eigenvalue weighted by atomic mass is 16.7. The van der Waals surface area contributed by atoms with E-state index in [2.05, 4.69) is 28.5 Å². The van der Waals surface area contributed by atoms with Crippen molar-refractivity contribution in [2.75, 3.05) is 0 Å². The van der Waals surface area contributed by atoms with E-state index in [1.165, 1.54) is 26.3 Å². The summed E-state index contributed by atoms with van der Waals surface area (Å²) in [5.41, 5.74) is 1.32. The third kappa shape index (κ3) is 10.4. The molecule has 0 unspecified atom stereocenters. The zero-order chi connectivity index (χ0) is 13.3. The van der Waals surface area contributed by atoms with Gasteiger partial charge in [-0.2, -0.15) is 0 Å². The lowest BCUT2D eigenvalue weighted by atomic mass is 10.2. The summed E-state index contributed by atoms with van der Waals surface area (Å²) in [4.78, 5) is 20.4. The van der Waals surface area contributed by atoms with E-state index >= 15 is 0 Å². The molecule has 0 aromatic heterocycles. The first-order valence-electron chi connectivity index (χ1n) is 5.28. The number of carbonyl (C=O) groups is 2. The average molecular weight is 238 g/mol. The SMILES string of the molecule is CC(=O)OC(C)OC(C)=O.Cc1ccccc1. The van der Waals surface area contributed by atoms with Gasteiger partial charge in [-0.25, -0.2) is 0 Å². The number of hydrogen-bond acceptors (Lipinski definition) is 4. The number of rotatable bonds is 2. The number of ether oxygens (including phenoxy) is 2. The van der Waals surface area contributed by atoms with Crippen LogP contribution in [-0.2, 0) is 19.1 Å². The van der Waals surface area contributed by atoms with Crippen LogP contribution >= 0.6 is 0 Å². The minimum absolute atomic E-state index is 0.464. The van der Waals surface area contributed by atoms with Crippen LogP contribution in [-0.4, -0.2) is 18.2 Å². The van der Waals surface area contributed by atoms with E-state index in [1.54, 1.807) is 0 Å². The summed E-state index contributed by atoms with van der Waals surface area (Å²) in [7, 11) is 0. The van der Waals surface area contributed by atoms with Crippen molar-refractivity contribution >= 4 is 11.9 Å². The van der Waals surface area contributed by atoms with Crippen molar-refractivity contribution in [3.05, 3.63) is 35.9 Å². The predicted molar refractivity (Wildman–Crippen MR) is 64.2 cm³/mol. The van der Waals surface area contributed by atoms with Crippen LogP contribution in [0.2, 0.25) is 0 Å². The zero-order valence-electron chi connectivity index (χ0n) is 10.6. The van der Waals surface area contributed by atoms with Gasteiger partial charge < -0.3 is 9.47 Å². The molecule has 94 valence electrons. The molecule has 0 bridgehead atoms. The highest BCUT2D eigenvalue weighted by molar-refractivity contribution is 5.68. The maximum absolute atomic E-state index is 10.2. The molecule has 0 amide bonds. The minimum atomic E-state index is -0.782. The third-order valence-electron chi connectivity index (χ3n) is 1.60. The Kier molecular flexibility index (Phi) is 7.43. The molecular weight excluding hydrogens is 220 g/mol. The molecule has 17 heavy (non-hydrogen) atoms. The monoisotopic (exact) mass is 238 g/mol. The zero-order valence-corrected chi connectivity index (χ0v) is 10.6. The highest BCUT2D eigenvalue weighted by Gasteiger charge is 2.06. The normalized spacial score (nSPS) is 9.00. The Morgan fingerprint density at radius 1 is 1.00 bits per heavy atom. The van der Waals surface area contributed by atoms with E-state index in [-0.39, 0.29) is 0 Å². The Labute approximate surface area is 102 Å². The molecule has 4 heteroatoms. The smallest absolute Gasteiger partial charge is 0.305 e. The van der Waals surface area contributed by atoms with Gasteiger partial charge in [0.2, 0.25) is 6.29 Å². The maximum Gasteiger partial charge on any atom is 0.305 e. The van der Waals surface area contributed by atoms with Crippen LogP contribution in [0.5, 0.6) is 0 Å². The van der Waals surface area contributed by atoms with E-state index in [0.717, 1.165) is 0 Å². The van der Waals surface area contributed by atoms with Crippen LogP contribution in [0.4, 0.5) is 0 Å². The Morgan fingerprint density at radius 3 is 1.65 bits per heavy atom. The molecule has 0 heterocycles. The molecule has 0 aliphatic heterocycles. The largest absolute Gasteiger partial charge is 0.426 e. The topological polar surface area (TPSA) is 52.6 Å². The molecule has 0 saturated carbocycles. The summed E-state index contributed by atoms with van der Waals surface area (Å²) in [5, 5.41) is 0. The number of benzene rings is 1. The van der Waals surface area contributed by atoms with E-state index in [4.69, 9.17) is 0 Å². The summed E-state index contributed by atoms with van der Waals surface area (Å²) in [6.07, 6.45) is -0.782. The number of hydrogen-bond donors (Lipinski definition) is 0. The van der Waals surface area contributed by atoms with Crippen molar-refractivity contribution in [1.82, 2.24) is 0 Å². The standard InChI is InChI=1S/C7H8.C6H10O4/c1-7-5-3-2-4-6-7;1-4(7)9-6(3)10-5(2)8/h2-6H,1H3;6H,1-3H3. The first-order chi connectivity index (χ1) is 7.91. The van der Waals surface area contributed by atoms with Crippen molar-refractivity contribution in [2.45, 2.75) is 34.0 Å². The molecule has 4 nitrogen and oxygen atoms in total. The fraction of sp³-hybridized carbons (Fsp3) is 0.385. The van der Waals surface area contributed by atoms with Gasteiger partial charge in [-0.15, -0.1) is 0 Å². The number of carbonyl (C=O) groups excluding carboxylic acids is 2. The maximum atomic E-state index is 10.2. The van der Waals surface area contributed by atoms with Crippen LogP contribution < -0.4 is 0 Å². The summed E-state index contributed by atoms with van der Waals surface area (Å²) >= 11 is 0. The first-order valence-corrected chi connectivity index (χ1v) is 5.28. The van der Waals surface area contributed by atoms with Gasteiger partial charge in [-0.05, 0) is 6.92 Å². The molecule has 0 saturated heterocycles. The third-order valence-corrected chi connectivity index (χ3v) is 1.60. The van der Waals surface area contributed by atoms with E-state index in [9.17, 15) is 9.59 Å². The Bertz CT molecular complexity index is 330. The van der Waals surface area contributed by atoms with Gasteiger partial charge in [0, 0.05) is 20.8 Å². The van der Waals surface area contributed by atoms with Crippen LogP contribution in [0.1, 0.15) is 26.3 Å². The second kappa shape index (κ2) is 8.33. The fourth-order valence-electron chi connectivity index (χ4n) is 1.03. The lowest BCUT2D eigenvalue weighted by Crippen LogP contribution is -2.18. The second-order valence-corrected chi connectivity index (χ2v) is 3.44. The molecule has 0 spiro atoms. The van der Waals surface area contributed by atoms with E-state index in [1.807, 2.05) is 18.2 Å². The molecular formula is C13H18O4. The summed E-state index contributed by atoms with van der Waals surface area (Å²) in [6, 6.07) is 10.3. The second-order valence-electron chi connectivity index (χ2n) is 3.44. The van der Waals surface area contributed by atoms with Crippen LogP contribution in [0, 0.1) is 6.92 Å². The quantitative estimate of drug-likeness (QED) is 0.586. The van der Waals surface area contributed by atoms with Crippen LogP contribution in [0.15, 0.2) is 30.3 Å². The highest BCUT2D eigenvalue weighted by Crippen LogP contribution is 1.93. The van der Waals surface area contributed by atoms with Gasteiger partial charge in [0.1, 0.15) is 0 Å². The van der Waals surface area contributed by atoms with Gasteiger partial charge in [0.15, 0.2) is 0 Å². The van der Waals surface area contributed by atoms with Crippen LogP contribution in [0.25, 0.3) is 0 Å². The Hall–Kier alpha value is -1.84. The molecule has 0 aliphatic carbocycles. The Balaban J connectivity index is 0.000000318. The molecule has 0 N–H and O–H groups in total. The van der Waals surface area contributed by atoms with Crippen molar-refractivity contribution < 1.29 is 19.1 Å². The predicted octanol–water partition coefficient (Wildman–Crippen LogP) is 2.45. The molecule has 0 fully saturated rings. The molecule has 1 rings (SSSR count). The molecule has 1 aromatic rings. The number of esters is 2. The summed E-state index contributed by atoms with van der Waals surface area (Å²) < 4.78 is 8.96. The van der Waals surface area contributed by atoms with Crippen LogP contribution in [0.3, 0.4) is 0 Å². The fourth-order valence-corrected chi connectivity index (χ4v) is 1.03. The van der Waals surface area contributed by atoms with Crippen molar-refractivity contribution in [1.29, 1.82) is 0 Å².